The molecule has 0 unspecified atom stereocenters. The van der Waals surface area contributed by atoms with Crippen molar-refractivity contribution in [3.63, 3.8) is 0 Å². The van der Waals surface area contributed by atoms with Crippen molar-refractivity contribution in [2.24, 2.45) is 0 Å². The molecule has 0 saturated heterocycles. The van der Waals surface area contributed by atoms with Crippen molar-refractivity contribution in [1.82, 2.24) is 14.6 Å². The highest BCUT2D eigenvalue weighted by atomic mass is 32.1. The van der Waals surface area contributed by atoms with Crippen molar-refractivity contribution < 1.29 is 9.66 Å². The summed E-state index contributed by atoms with van der Waals surface area (Å²) in [6.07, 6.45) is 2.66. The SMILES string of the molecule is CCCOc1ccc(Cc2nn3c(=O)/c(=C/c4cccc([N+](=O)[O-])c4)sc3nc2=O)cc1. The van der Waals surface area contributed by atoms with E-state index in [2.05, 4.69) is 10.1 Å². The van der Waals surface area contributed by atoms with E-state index in [0.717, 1.165) is 33.6 Å². The van der Waals surface area contributed by atoms with E-state index in [1.54, 1.807) is 6.07 Å². The van der Waals surface area contributed by atoms with Gasteiger partial charge in [-0.3, -0.25) is 19.7 Å². The summed E-state index contributed by atoms with van der Waals surface area (Å²) < 4.78 is 6.93. The molecular formula is C22H18N4O5S. The third-order valence-electron chi connectivity index (χ3n) is 4.60. The summed E-state index contributed by atoms with van der Waals surface area (Å²) >= 11 is 1.01. The molecule has 0 fully saturated rings. The average molecular weight is 450 g/mol. The molecule has 9 nitrogen and oxygen atoms in total. The zero-order valence-electron chi connectivity index (χ0n) is 17.1. The van der Waals surface area contributed by atoms with Crippen molar-refractivity contribution in [2.75, 3.05) is 6.61 Å². The van der Waals surface area contributed by atoms with E-state index in [9.17, 15) is 19.7 Å². The fourth-order valence-electron chi connectivity index (χ4n) is 3.05. The van der Waals surface area contributed by atoms with E-state index >= 15 is 0 Å². The first-order valence-electron chi connectivity index (χ1n) is 9.85. The third-order valence-corrected chi connectivity index (χ3v) is 5.56. The van der Waals surface area contributed by atoms with Crippen LogP contribution in [0.2, 0.25) is 0 Å². The van der Waals surface area contributed by atoms with Gasteiger partial charge in [0.15, 0.2) is 0 Å². The maximum absolute atomic E-state index is 12.8. The van der Waals surface area contributed by atoms with Crippen molar-refractivity contribution >= 4 is 28.1 Å². The van der Waals surface area contributed by atoms with Gasteiger partial charge in [-0.15, -0.1) is 0 Å². The van der Waals surface area contributed by atoms with Crippen LogP contribution in [0.1, 0.15) is 30.2 Å². The van der Waals surface area contributed by atoms with Gasteiger partial charge in [-0.05, 0) is 35.8 Å². The monoisotopic (exact) mass is 450 g/mol. The Morgan fingerprint density at radius 2 is 1.97 bits per heavy atom. The minimum atomic E-state index is -0.503. The number of nitrogens with zero attached hydrogens (tertiary/aromatic N) is 4. The summed E-state index contributed by atoms with van der Waals surface area (Å²) in [5.41, 5.74) is 0.476. The lowest BCUT2D eigenvalue weighted by molar-refractivity contribution is -0.384. The Morgan fingerprint density at radius 3 is 2.69 bits per heavy atom. The summed E-state index contributed by atoms with van der Waals surface area (Å²) in [4.78, 5) is 39.9. The number of hydrogen-bond donors (Lipinski definition) is 0. The largest absolute Gasteiger partial charge is 0.494 e. The summed E-state index contributed by atoms with van der Waals surface area (Å²) in [5, 5.41) is 15.2. The lowest BCUT2D eigenvalue weighted by Crippen LogP contribution is -2.28. The first-order chi connectivity index (χ1) is 15.4. The van der Waals surface area contributed by atoms with Crippen LogP contribution in [0.15, 0.2) is 58.1 Å². The van der Waals surface area contributed by atoms with E-state index < -0.39 is 16.0 Å². The number of aromatic nitrogens is 3. The predicted molar refractivity (Wildman–Crippen MR) is 120 cm³/mol. The molecule has 0 aliphatic carbocycles. The van der Waals surface area contributed by atoms with Gasteiger partial charge in [0.1, 0.15) is 11.4 Å². The Morgan fingerprint density at radius 1 is 1.19 bits per heavy atom. The molecule has 2 aromatic carbocycles. The quantitative estimate of drug-likeness (QED) is 0.313. The second-order valence-electron chi connectivity index (χ2n) is 7.00. The Balaban J connectivity index is 1.67. The highest BCUT2D eigenvalue weighted by Crippen LogP contribution is 2.15. The van der Waals surface area contributed by atoms with E-state index in [4.69, 9.17) is 4.74 Å². The van der Waals surface area contributed by atoms with Crippen LogP contribution in [0, 0.1) is 10.1 Å². The normalized spacial score (nSPS) is 11.7. The number of fused-ring (bicyclic) bond motifs is 1. The van der Waals surface area contributed by atoms with Crippen molar-refractivity contribution in [3.8, 4) is 5.75 Å². The second-order valence-corrected chi connectivity index (χ2v) is 8.00. The number of hydrogen-bond acceptors (Lipinski definition) is 8. The van der Waals surface area contributed by atoms with Gasteiger partial charge in [-0.1, -0.05) is 42.5 Å². The first kappa shape index (κ1) is 21.3. The first-order valence-corrected chi connectivity index (χ1v) is 10.7. The van der Waals surface area contributed by atoms with Crippen molar-refractivity contribution in [2.45, 2.75) is 19.8 Å². The van der Waals surface area contributed by atoms with Crippen LogP contribution in [0.4, 0.5) is 5.69 Å². The second kappa shape index (κ2) is 9.06. The Kier molecular flexibility index (Phi) is 6.04. The molecule has 0 amide bonds. The van der Waals surface area contributed by atoms with Crippen molar-refractivity contribution in [1.29, 1.82) is 0 Å². The van der Waals surface area contributed by atoms with Crippen LogP contribution < -0.4 is 20.4 Å². The summed E-state index contributed by atoms with van der Waals surface area (Å²) in [7, 11) is 0. The number of nitro benzene ring substituents is 1. The Labute approximate surface area is 185 Å². The van der Waals surface area contributed by atoms with Crippen LogP contribution in [0.3, 0.4) is 0 Å². The minimum Gasteiger partial charge on any atom is -0.494 e. The molecule has 0 aliphatic heterocycles. The Bertz CT molecular complexity index is 1460. The lowest BCUT2D eigenvalue weighted by atomic mass is 10.1. The highest BCUT2D eigenvalue weighted by molar-refractivity contribution is 7.15. The fraction of sp³-hybridized carbons (Fsp3) is 0.182. The Hall–Kier alpha value is -3.92. The van der Waals surface area contributed by atoms with Gasteiger partial charge in [0, 0.05) is 18.6 Å². The van der Waals surface area contributed by atoms with Gasteiger partial charge < -0.3 is 4.74 Å². The van der Waals surface area contributed by atoms with Gasteiger partial charge in [0.05, 0.1) is 16.1 Å². The lowest BCUT2D eigenvalue weighted by Gasteiger charge is -2.05. The zero-order valence-corrected chi connectivity index (χ0v) is 17.9. The summed E-state index contributed by atoms with van der Waals surface area (Å²) in [6.45, 7) is 2.65. The van der Waals surface area contributed by atoms with Crippen LogP contribution in [-0.4, -0.2) is 26.1 Å². The molecule has 162 valence electrons. The third kappa shape index (κ3) is 4.54. The maximum Gasteiger partial charge on any atom is 0.296 e. The highest BCUT2D eigenvalue weighted by Gasteiger charge is 2.12. The minimum absolute atomic E-state index is 0.0774. The molecule has 0 N–H and O–H groups in total. The number of nitro groups is 1. The van der Waals surface area contributed by atoms with Gasteiger partial charge in [-0.2, -0.15) is 14.6 Å². The van der Waals surface area contributed by atoms with E-state index in [1.807, 2.05) is 31.2 Å². The molecule has 4 rings (SSSR count). The number of benzene rings is 2. The molecule has 2 aromatic heterocycles. The van der Waals surface area contributed by atoms with Crippen LogP contribution in [0.5, 0.6) is 5.75 Å². The van der Waals surface area contributed by atoms with E-state index in [-0.39, 0.29) is 27.3 Å². The van der Waals surface area contributed by atoms with Gasteiger partial charge >= 0.3 is 0 Å². The fourth-order valence-corrected chi connectivity index (χ4v) is 3.95. The molecule has 0 radical (unpaired) electrons. The van der Waals surface area contributed by atoms with E-state index in [1.165, 1.54) is 24.3 Å². The predicted octanol–water partition coefficient (Wildman–Crippen LogP) is 2.35. The molecule has 0 aliphatic rings. The molecule has 2 heterocycles. The number of ether oxygens (including phenoxy) is 1. The molecule has 4 aromatic rings. The van der Waals surface area contributed by atoms with Crippen LogP contribution in [0.25, 0.3) is 11.0 Å². The molecule has 32 heavy (non-hydrogen) atoms. The topological polar surface area (TPSA) is 117 Å². The maximum atomic E-state index is 12.8. The van der Waals surface area contributed by atoms with E-state index in [0.29, 0.717) is 12.2 Å². The smallest absolute Gasteiger partial charge is 0.296 e. The molecule has 10 heteroatoms. The number of thiazole rings is 1. The zero-order chi connectivity index (χ0) is 22.7. The van der Waals surface area contributed by atoms with Crippen molar-refractivity contribution in [3.05, 3.63) is 101 Å². The van der Waals surface area contributed by atoms with Gasteiger partial charge in [0.2, 0.25) is 4.96 Å². The van der Waals surface area contributed by atoms with Gasteiger partial charge in [0.25, 0.3) is 16.8 Å². The summed E-state index contributed by atoms with van der Waals surface area (Å²) in [6, 6.07) is 13.3. The molecule has 0 spiro atoms. The molecule has 0 saturated carbocycles. The number of non-ortho nitro benzene ring substituents is 1. The van der Waals surface area contributed by atoms with Crippen LogP contribution >= 0.6 is 11.3 Å². The average Bonchev–Trinajstić information content (AvgIpc) is 3.08. The number of rotatable bonds is 7. The molecule has 0 bridgehead atoms. The van der Waals surface area contributed by atoms with Gasteiger partial charge in [-0.25, -0.2) is 0 Å². The summed E-state index contributed by atoms with van der Waals surface area (Å²) in [5.74, 6) is 0.745. The van der Waals surface area contributed by atoms with Crippen LogP contribution in [-0.2, 0) is 6.42 Å². The molecular weight excluding hydrogens is 432 g/mol. The standard InChI is InChI=1S/C22H18N4O5S/c1-2-10-31-17-8-6-14(7-9-17)12-18-20(27)23-22-25(24-18)21(28)19(32-22)13-15-4-3-5-16(11-15)26(29)30/h3-9,11,13H,2,10,12H2,1H3/b19-13-. The molecule has 0 atom stereocenters.